The second-order valence-electron chi connectivity index (χ2n) is 6.35. The Morgan fingerprint density at radius 1 is 1.24 bits per heavy atom. The first kappa shape index (κ1) is 17.1. The molecule has 0 radical (unpaired) electrons. The Kier molecular flexibility index (Phi) is 4.81. The van der Waals surface area contributed by atoms with Crippen molar-refractivity contribution >= 4 is 11.6 Å². The number of aryl methyl sites for hydroxylation is 1. The van der Waals surface area contributed by atoms with Crippen LogP contribution in [0.1, 0.15) is 34.3 Å². The van der Waals surface area contributed by atoms with Crippen molar-refractivity contribution in [2.75, 3.05) is 13.1 Å². The summed E-state index contributed by atoms with van der Waals surface area (Å²) in [5.41, 5.74) is 8.31. The van der Waals surface area contributed by atoms with Gasteiger partial charge in [-0.2, -0.15) is 0 Å². The number of nitrogens with zero attached hydrogens (tertiary/aromatic N) is 2. The number of amides is 1. The summed E-state index contributed by atoms with van der Waals surface area (Å²) in [6, 6.07) is 14.4. The van der Waals surface area contributed by atoms with Gasteiger partial charge in [0.05, 0.1) is 4.92 Å². The van der Waals surface area contributed by atoms with Crippen molar-refractivity contribution < 1.29 is 9.72 Å². The average molecular weight is 339 g/mol. The smallest absolute Gasteiger partial charge is 0.273 e. The third kappa shape index (κ3) is 3.39. The van der Waals surface area contributed by atoms with Gasteiger partial charge in [0, 0.05) is 42.2 Å². The molecule has 2 aromatic carbocycles. The number of rotatable bonds is 4. The highest BCUT2D eigenvalue weighted by Gasteiger charge is 2.34. The molecule has 2 atom stereocenters. The molecule has 1 saturated heterocycles. The fourth-order valence-corrected chi connectivity index (χ4v) is 3.40. The molecule has 0 aliphatic carbocycles. The molecule has 2 aromatic rings. The number of nitro benzene ring substituents is 1. The molecule has 1 aliphatic rings. The van der Waals surface area contributed by atoms with Crippen molar-refractivity contribution in [1.29, 1.82) is 0 Å². The third-order valence-corrected chi connectivity index (χ3v) is 4.79. The van der Waals surface area contributed by atoms with Gasteiger partial charge in [-0.3, -0.25) is 14.9 Å². The molecule has 0 aromatic heterocycles. The molecule has 1 aliphatic heterocycles. The summed E-state index contributed by atoms with van der Waals surface area (Å²) in [6.45, 7) is 2.82. The van der Waals surface area contributed by atoms with Gasteiger partial charge >= 0.3 is 0 Å². The Bertz CT molecular complexity index is 792. The third-order valence-electron chi connectivity index (χ3n) is 4.79. The van der Waals surface area contributed by atoms with E-state index in [1.54, 1.807) is 17.0 Å². The Balaban J connectivity index is 1.82. The van der Waals surface area contributed by atoms with Crippen molar-refractivity contribution in [3.63, 3.8) is 0 Å². The number of carbonyl (C=O) groups is 1. The van der Waals surface area contributed by atoms with Crippen molar-refractivity contribution in [2.24, 2.45) is 5.73 Å². The van der Waals surface area contributed by atoms with Gasteiger partial charge in [-0.1, -0.05) is 43.3 Å². The molecule has 0 bridgehead atoms. The van der Waals surface area contributed by atoms with Gasteiger partial charge < -0.3 is 10.6 Å². The van der Waals surface area contributed by atoms with Crippen molar-refractivity contribution in [2.45, 2.75) is 25.3 Å². The van der Waals surface area contributed by atoms with Crippen LogP contribution in [-0.4, -0.2) is 34.9 Å². The summed E-state index contributed by atoms with van der Waals surface area (Å²) in [5.74, 6) is -0.130. The predicted molar refractivity (Wildman–Crippen MR) is 95.5 cm³/mol. The molecule has 1 fully saturated rings. The lowest BCUT2D eigenvalue weighted by Gasteiger charge is -2.17. The molecule has 3 rings (SSSR count). The number of hydrogen-bond acceptors (Lipinski definition) is 4. The van der Waals surface area contributed by atoms with E-state index in [4.69, 9.17) is 5.73 Å². The SMILES string of the molecule is CCc1ccc(C(=O)N2C[C@@H](N)[C@H](c3ccccc3)C2)cc1[N+](=O)[O-]. The molecule has 0 saturated carbocycles. The van der Waals surface area contributed by atoms with Crippen LogP contribution in [0.3, 0.4) is 0 Å². The van der Waals surface area contributed by atoms with E-state index in [1.807, 2.05) is 37.3 Å². The molecular formula is C19H21N3O3. The van der Waals surface area contributed by atoms with Gasteiger partial charge in [0.15, 0.2) is 0 Å². The fourth-order valence-electron chi connectivity index (χ4n) is 3.40. The molecule has 6 heteroatoms. The molecule has 130 valence electrons. The Morgan fingerprint density at radius 3 is 2.60 bits per heavy atom. The zero-order valence-electron chi connectivity index (χ0n) is 14.1. The van der Waals surface area contributed by atoms with Crippen LogP contribution in [0.2, 0.25) is 0 Å². The molecule has 1 heterocycles. The average Bonchev–Trinajstić information content (AvgIpc) is 3.03. The number of carbonyl (C=O) groups excluding carboxylic acids is 1. The zero-order valence-corrected chi connectivity index (χ0v) is 14.1. The maximum absolute atomic E-state index is 12.8. The van der Waals surface area contributed by atoms with Crippen LogP contribution in [0, 0.1) is 10.1 Å². The first-order chi connectivity index (χ1) is 12.0. The van der Waals surface area contributed by atoms with Crippen LogP contribution < -0.4 is 5.73 Å². The van der Waals surface area contributed by atoms with E-state index in [-0.39, 0.29) is 23.6 Å². The minimum Gasteiger partial charge on any atom is -0.336 e. The van der Waals surface area contributed by atoms with Gasteiger partial charge in [-0.15, -0.1) is 0 Å². The molecular weight excluding hydrogens is 318 g/mol. The first-order valence-electron chi connectivity index (χ1n) is 8.38. The molecule has 2 N–H and O–H groups in total. The monoisotopic (exact) mass is 339 g/mol. The van der Waals surface area contributed by atoms with Crippen LogP contribution >= 0.6 is 0 Å². The van der Waals surface area contributed by atoms with Gasteiger partial charge in [0.2, 0.25) is 0 Å². The van der Waals surface area contributed by atoms with Crippen molar-refractivity contribution in [1.82, 2.24) is 4.90 Å². The maximum atomic E-state index is 12.8. The fraction of sp³-hybridized carbons (Fsp3) is 0.316. The summed E-state index contributed by atoms with van der Waals surface area (Å²) >= 11 is 0. The highest BCUT2D eigenvalue weighted by Crippen LogP contribution is 2.28. The van der Waals surface area contributed by atoms with Crippen LogP contribution in [-0.2, 0) is 6.42 Å². The second-order valence-corrected chi connectivity index (χ2v) is 6.35. The van der Waals surface area contributed by atoms with E-state index in [1.165, 1.54) is 6.07 Å². The Labute approximate surface area is 146 Å². The van der Waals surface area contributed by atoms with Gasteiger partial charge in [-0.25, -0.2) is 0 Å². The highest BCUT2D eigenvalue weighted by atomic mass is 16.6. The summed E-state index contributed by atoms with van der Waals surface area (Å²) in [4.78, 5) is 25.3. The number of likely N-dealkylation sites (tertiary alicyclic amines) is 1. The van der Waals surface area contributed by atoms with Gasteiger partial charge in [-0.05, 0) is 18.1 Å². The number of benzene rings is 2. The quantitative estimate of drug-likeness (QED) is 0.685. The standard InChI is InChI=1S/C19H21N3O3/c1-2-13-8-9-15(10-18(13)22(24)25)19(23)21-11-16(17(20)12-21)14-6-4-3-5-7-14/h3-10,16-17H,2,11-12,20H2,1H3/t16-,17+/m0/s1. The number of nitrogens with two attached hydrogens (primary N) is 1. The van der Waals surface area contributed by atoms with E-state index in [2.05, 4.69) is 0 Å². The molecule has 1 amide bonds. The van der Waals surface area contributed by atoms with Crippen molar-refractivity contribution in [3.05, 3.63) is 75.3 Å². The molecule has 6 nitrogen and oxygen atoms in total. The lowest BCUT2D eigenvalue weighted by atomic mass is 9.95. The van der Waals surface area contributed by atoms with E-state index in [0.29, 0.717) is 30.6 Å². The van der Waals surface area contributed by atoms with Crippen LogP contribution in [0.4, 0.5) is 5.69 Å². The van der Waals surface area contributed by atoms with E-state index >= 15 is 0 Å². The minimum atomic E-state index is -0.432. The van der Waals surface area contributed by atoms with Gasteiger partial charge in [0.25, 0.3) is 11.6 Å². The minimum absolute atomic E-state index is 0.00328. The van der Waals surface area contributed by atoms with Gasteiger partial charge in [0.1, 0.15) is 0 Å². The summed E-state index contributed by atoms with van der Waals surface area (Å²) in [7, 11) is 0. The van der Waals surface area contributed by atoms with E-state index < -0.39 is 4.92 Å². The number of hydrogen-bond donors (Lipinski definition) is 1. The normalized spacial score (nSPS) is 19.8. The topological polar surface area (TPSA) is 89.5 Å². The molecule has 0 unspecified atom stereocenters. The lowest BCUT2D eigenvalue weighted by molar-refractivity contribution is -0.385. The van der Waals surface area contributed by atoms with Crippen LogP contribution in [0.15, 0.2) is 48.5 Å². The molecule has 0 spiro atoms. The van der Waals surface area contributed by atoms with Crippen LogP contribution in [0.25, 0.3) is 0 Å². The summed E-state index contributed by atoms with van der Waals surface area (Å²) in [5, 5.41) is 11.2. The summed E-state index contributed by atoms with van der Waals surface area (Å²) < 4.78 is 0. The second kappa shape index (κ2) is 7.03. The first-order valence-corrected chi connectivity index (χ1v) is 8.38. The largest absolute Gasteiger partial charge is 0.336 e. The Morgan fingerprint density at radius 2 is 1.96 bits per heavy atom. The highest BCUT2D eigenvalue weighted by molar-refractivity contribution is 5.95. The van der Waals surface area contributed by atoms with E-state index in [9.17, 15) is 14.9 Å². The lowest BCUT2D eigenvalue weighted by Crippen LogP contribution is -2.32. The summed E-state index contributed by atoms with van der Waals surface area (Å²) in [6.07, 6.45) is 0.551. The number of nitro groups is 1. The zero-order chi connectivity index (χ0) is 18.0. The predicted octanol–water partition coefficient (Wildman–Crippen LogP) is 2.72. The van der Waals surface area contributed by atoms with Crippen LogP contribution in [0.5, 0.6) is 0 Å². The van der Waals surface area contributed by atoms with E-state index in [0.717, 1.165) is 5.56 Å². The molecule has 25 heavy (non-hydrogen) atoms. The van der Waals surface area contributed by atoms with Crippen molar-refractivity contribution in [3.8, 4) is 0 Å². The maximum Gasteiger partial charge on any atom is 0.273 e. The Hall–Kier alpha value is -2.73.